The Morgan fingerprint density at radius 3 is 1.50 bits per heavy atom. The number of carbonyl (C=O) groups excluding carboxylic acids is 2. The van der Waals surface area contributed by atoms with Gasteiger partial charge in [0.15, 0.2) is 0 Å². The lowest BCUT2D eigenvalue weighted by molar-refractivity contribution is -0.261. The van der Waals surface area contributed by atoms with Gasteiger partial charge in [-0.2, -0.15) is 25.3 Å². The van der Waals surface area contributed by atoms with Gasteiger partial charge in [0.1, 0.15) is 12.1 Å². The Bertz CT molecular complexity index is 216. The second kappa shape index (κ2) is 8.68. The molecule has 6 nitrogen and oxygen atoms in total. The first-order valence-corrected chi connectivity index (χ1v) is 5.94. The van der Waals surface area contributed by atoms with Gasteiger partial charge in [-0.3, -0.25) is 0 Å². The van der Waals surface area contributed by atoms with Crippen LogP contribution < -0.4 is 11.5 Å². The van der Waals surface area contributed by atoms with Crippen molar-refractivity contribution >= 4 is 37.2 Å². The van der Waals surface area contributed by atoms with Crippen LogP contribution in [0.15, 0.2) is 0 Å². The number of carbonyl (C=O) groups is 2. The van der Waals surface area contributed by atoms with Gasteiger partial charge in [0.2, 0.25) is 0 Å². The van der Waals surface area contributed by atoms with Gasteiger partial charge in [-0.25, -0.2) is 19.4 Å². The SMILES string of the molecule is N[C@H](CCS)C(=O)OOC(=O)[C@H](N)CCS. The predicted molar refractivity (Wildman–Crippen MR) is 65.1 cm³/mol. The molecule has 0 aromatic rings. The maximum Gasteiger partial charge on any atom is 0.372 e. The molecular weight excluding hydrogens is 252 g/mol. The number of thiol groups is 2. The molecule has 0 spiro atoms. The third kappa shape index (κ3) is 6.21. The highest BCUT2D eigenvalue weighted by molar-refractivity contribution is 7.80. The molecule has 0 saturated heterocycles. The molecule has 0 unspecified atom stereocenters. The lowest BCUT2D eigenvalue weighted by atomic mass is 10.2. The van der Waals surface area contributed by atoms with Crippen molar-refractivity contribution in [1.29, 1.82) is 0 Å². The minimum atomic E-state index is -0.855. The fourth-order valence-corrected chi connectivity index (χ4v) is 1.28. The van der Waals surface area contributed by atoms with Crippen LogP contribution in [-0.4, -0.2) is 35.5 Å². The first-order valence-electron chi connectivity index (χ1n) is 4.68. The summed E-state index contributed by atoms with van der Waals surface area (Å²) in [6.07, 6.45) is 0.671. The van der Waals surface area contributed by atoms with E-state index in [1.165, 1.54) is 0 Å². The van der Waals surface area contributed by atoms with Crippen molar-refractivity contribution in [3.8, 4) is 0 Å². The van der Waals surface area contributed by atoms with Crippen LogP contribution >= 0.6 is 25.3 Å². The Kier molecular flexibility index (Phi) is 8.44. The van der Waals surface area contributed by atoms with Crippen molar-refractivity contribution in [2.24, 2.45) is 11.5 Å². The fraction of sp³-hybridized carbons (Fsp3) is 0.750. The number of rotatable bonds is 6. The summed E-state index contributed by atoms with van der Waals surface area (Å²) in [4.78, 5) is 30.7. The average Bonchev–Trinajstić information content (AvgIpc) is 2.25. The Hall–Kier alpha value is -0.440. The van der Waals surface area contributed by atoms with Crippen LogP contribution in [0.5, 0.6) is 0 Å². The number of hydrogen-bond acceptors (Lipinski definition) is 8. The average molecular weight is 268 g/mol. The van der Waals surface area contributed by atoms with E-state index in [0.29, 0.717) is 24.3 Å². The minimum Gasteiger partial charge on any atom is -0.318 e. The molecule has 0 aliphatic carbocycles. The van der Waals surface area contributed by atoms with Crippen LogP contribution in [0.25, 0.3) is 0 Å². The summed E-state index contributed by atoms with van der Waals surface area (Å²) in [6, 6.07) is -1.71. The van der Waals surface area contributed by atoms with Gasteiger partial charge in [0.05, 0.1) is 0 Å². The largest absolute Gasteiger partial charge is 0.372 e. The van der Waals surface area contributed by atoms with E-state index in [-0.39, 0.29) is 0 Å². The van der Waals surface area contributed by atoms with E-state index < -0.39 is 24.0 Å². The van der Waals surface area contributed by atoms with Crippen LogP contribution in [0, 0.1) is 0 Å². The van der Waals surface area contributed by atoms with Crippen molar-refractivity contribution in [3.63, 3.8) is 0 Å². The molecule has 0 rings (SSSR count). The lowest BCUT2D eigenvalue weighted by Crippen LogP contribution is -2.37. The van der Waals surface area contributed by atoms with Gasteiger partial charge < -0.3 is 11.5 Å². The zero-order valence-electron chi connectivity index (χ0n) is 8.67. The van der Waals surface area contributed by atoms with Crippen molar-refractivity contribution in [1.82, 2.24) is 0 Å². The summed E-state index contributed by atoms with van der Waals surface area (Å²) in [6.45, 7) is 0. The highest BCUT2D eigenvalue weighted by Crippen LogP contribution is 1.98. The topological polar surface area (TPSA) is 105 Å². The zero-order valence-corrected chi connectivity index (χ0v) is 10.5. The number of nitrogens with two attached hydrogens (primary N) is 2. The molecule has 0 aliphatic heterocycles. The fourth-order valence-electron chi connectivity index (χ4n) is 0.720. The molecule has 0 saturated carbocycles. The van der Waals surface area contributed by atoms with Gasteiger partial charge in [0.25, 0.3) is 0 Å². The van der Waals surface area contributed by atoms with Crippen molar-refractivity contribution in [2.75, 3.05) is 11.5 Å². The van der Waals surface area contributed by atoms with Crippen molar-refractivity contribution in [2.45, 2.75) is 24.9 Å². The molecule has 0 amide bonds. The Balaban J connectivity index is 3.87. The monoisotopic (exact) mass is 268 g/mol. The van der Waals surface area contributed by atoms with Crippen LogP contribution in [0.3, 0.4) is 0 Å². The van der Waals surface area contributed by atoms with Crippen LogP contribution in [0.4, 0.5) is 0 Å². The van der Waals surface area contributed by atoms with Crippen LogP contribution in [0.2, 0.25) is 0 Å². The quantitative estimate of drug-likeness (QED) is 0.288. The van der Waals surface area contributed by atoms with Crippen molar-refractivity contribution in [3.05, 3.63) is 0 Å². The van der Waals surface area contributed by atoms with E-state index in [9.17, 15) is 9.59 Å². The molecule has 0 fully saturated rings. The molecule has 8 heteroatoms. The molecule has 0 aromatic heterocycles. The highest BCUT2D eigenvalue weighted by atomic mass is 32.1. The third-order valence-electron chi connectivity index (χ3n) is 1.69. The van der Waals surface area contributed by atoms with E-state index >= 15 is 0 Å². The second-order valence-electron chi connectivity index (χ2n) is 3.04. The van der Waals surface area contributed by atoms with Gasteiger partial charge >= 0.3 is 11.9 Å². The molecule has 16 heavy (non-hydrogen) atoms. The zero-order chi connectivity index (χ0) is 12.6. The van der Waals surface area contributed by atoms with Gasteiger partial charge in [-0.1, -0.05) is 0 Å². The predicted octanol–water partition coefficient (Wildman–Crippen LogP) is -0.718. The molecule has 0 heterocycles. The summed E-state index contributed by atoms with van der Waals surface area (Å²) >= 11 is 7.80. The van der Waals surface area contributed by atoms with Gasteiger partial charge in [-0.15, -0.1) is 0 Å². The summed E-state index contributed by atoms with van der Waals surface area (Å²) in [5.74, 6) is -0.770. The van der Waals surface area contributed by atoms with Gasteiger partial charge in [0, 0.05) is 0 Å². The smallest absolute Gasteiger partial charge is 0.318 e. The highest BCUT2D eigenvalue weighted by Gasteiger charge is 2.20. The first-order chi connectivity index (χ1) is 7.52. The Morgan fingerprint density at radius 1 is 0.938 bits per heavy atom. The second-order valence-corrected chi connectivity index (χ2v) is 3.94. The minimum absolute atomic E-state index is 0.336. The summed E-state index contributed by atoms with van der Waals surface area (Å²) < 4.78 is 0. The maximum atomic E-state index is 11.1. The van der Waals surface area contributed by atoms with Gasteiger partial charge in [-0.05, 0) is 24.3 Å². The first kappa shape index (κ1) is 15.6. The summed E-state index contributed by atoms with van der Waals surface area (Å²) in [5, 5.41) is 0. The van der Waals surface area contributed by atoms with E-state index in [0.717, 1.165) is 0 Å². The normalized spacial score (nSPS) is 14.0. The molecule has 4 N–H and O–H groups in total. The lowest BCUT2D eigenvalue weighted by Gasteiger charge is -2.10. The Morgan fingerprint density at radius 2 is 1.25 bits per heavy atom. The van der Waals surface area contributed by atoms with Crippen LogP contribution in [-0.2, 0) is 19.4 Å². The maximum absolute atomic E-state index is 11.1. The van der Waals surface area contributed by atoms with E-state index in [1.54, 1.807) is 0 Å². The molecule has 0 aromatic carbocycles. The van der Waals surface area contributed by atoms with E-state index in [2.05, 4.69) is 35.0 Å². The van der Waals surface area contributed by atoms with Crippen LogP contribution in [0.1, 0.15) is 12.8 Å². The van der Waals surface area contributed by atoms with Crippen molar-refractivity contribution < 1.29 is 19.4 Å². The molecule has 0 bridgehead atoms. The molecule has 94 valence electrons. The standard InChI is InChI=1S/C8H16N2O4S2/c9-5(1-3-15)7(11)13-14-8(12)6(10)2-4-16/h5-6,15-16H,1-4,9-10H2/t5-,6-/m1/s1. The third-order valence-corrected chi connectivity index (χ3v) is 2.21. The molecular formula is C8H16N2O4S2. The summed E-state index contributed by atoms with van der Waals surface area (Å²) in [7, 11) is 0. The Labute approximate surface area is 105 Å². The molecule has 0 aliphatic rings. The van der Waals surface area contributed by atoms with E-state index in [4.69, 9.17) is 11.5 Å². The number of hydrogen-bond donors (Lipinski definition) is 4. The molecule has 0 radical (unpaired) electrons. The summed E-state index contributed by atoms with van der Waals surface area (Å²) in [5.41, 5.74) is 10.8. The molecule has 2 atom stereocenters. The van der Waals surface area contributed by atoms with E-state index in [1.807, 2.05) is 0 Å².